The SMILES string of the molecule is NC(=O)c1c(N2CCSCC2)sc(C(=O)C2CC2)c1N. The maximum atomic E-state index is 12.3. The third kappa shape index (κ3) is 2.40. The van der Waals surface area contributed by atoms with Gasteiger partial charge in [0.1, 0.15) is 5.00 Å². The molecule has 0 bridgehead atoms. The largest absolute Gasteiger partial charge is 0.397 e. The lowest BCUT2D eigenvalue weighted by molar-refractivity contribution is 0.0972. The maximum absolute atomic E-state index is 12.3. The molecule has 108 valence electrons. The van der Waals surface area contributed by atoms with Crippen molar-refractivity contribution in [3.05, 3.63) is 10.4 Å². The third-order valence-corrected chi connectivity index (χ3v) is 5.87. The summed E-state index contributed by atoms with van der Waals surface area (Å²) in [4.78, 5) is 26.6. The second-order valence-corrected chi connectivity index (χ2v) is 7.35. The number of amides is 1. The Morgan fingerprint density at radius 3 is 2.40 bits per heavy atom. The molecule has 1 saturated heterocycles. The summed E-state index contributed by atoms with van der Waals surface area (Å²) in [6, 6.07) is 0. The Labute approximate surface area is 125 Å². The van der Waals surface area contributed by atoms with E-state index in [9.17, 15) is 9.59 Å². The zero-order valence-corrected chi connectivity index (χ0v) is 12.7. The van der Waals surface area contributed by atoms with Crippen molar-refractivity contribution in [3.63, 3.8) is 0 Å². The molecule has 20 heavy (non-hydrogen) atoms. The summed E-state index contributed by atoms with van der Waals surface area (Å²) in [7, 11) is 0. The summed E-state index contributed by atoms with van der Waals surface area (Å²) < 4.78 is 0. The number of nitrogen functional groups attached to an aromatic ring is 1. The number of Topliss-reactive ketones (excluding diaryl/α,β-unsaturated/α-hetero) is 1. The number of thiophene rings is 1. The van der Waals surface area contributed by atoms with Crippen LogP contribution in [-0.4, -0.2) is 36.3 Å². The van der Waals surface area contributed by atoms with Gasteiger partial charge in [-0.15, -0.1) is 11.3 Å². The summed E-state index contributed by atoms with van der Waals surface area (Å²) in [6.07, 6.45) is 1.86. The van der Waals surface area contributed by atoms with Crippen molar-refractivity contribution in [2.45, 2.75) is 12.8 Å². The van der Waals surface area contributed by atoms with E-state index < -0.39 is 5.91 Å². The number of carbonyl (C=O) groups excluding carboxylic acids is 2. The summed E-state index contributed by atoms with van der Waals surface area (Å²) in [5.41, 5.74) is 12.1. The first kappa shape index (κ1) is 13.8. The lowest BCUT2D eigenvalue weighted by Crippen LogP contribution is -2.33. The van der Waals surface area contributed by atoms with Crippen molar-refractivity contribution < 1.29 is 9.59 Å². The molecule has 0 aromatic carbocycles. The average molecular weight is 311 g/mol. The zero-order valence-electron chi connectivity index (χ0n) is 11.1. The first-order valence-corrected chi connectivity index (χ1v) is 8.65. The third-order valence-electron chi connectivity index (χ3n) is 3.64. The number of nitrogens with zero attached hydrogens (tertiary/aromatic N) is 1. The number of rotatable bonds is 4. The minimum absolute atomic E-state index is 0.0765. The minimum atomic E-state index is -0.540. The van der Waals surface area contributed by atoms with Crippen LogP contribution in [0.4, 0.5) is 10.7 Å². The molecular weight excluding hydrogens is 294 g/mol. The molecule has 1 aliphatic carbocycles. The van der Waals surface area contributed by atoms with E-state index in [0.717, 1.165) is 42.4 Å². The first-order valence-electron chi connectivity index (χ1n) is 6.68. The summed E-state index contributed by atoms with van der Waals surface area (Å²) >= 11 is 3.23. The molecule has 3 rings (SSSR count). The molecule has 0 radical (unpaired) electrons. The van der Waals surface area contributed by atoms with E-state index in [1.54, 1.807) is 0 Å². The predicted octanol–water partition coefficient (Wildman–Crippen LogP) is 1.58. The van der Waals surface area contributed by atoms with E-state index in [0.29, 0.717) is 10.4 Å². The molecule has 0 atom stereocenters. The maximum Gasteiger partial charge on any atom is 0.253 e. The van der Waals surface area contributed by atoms with Gasteiger partial charge in [-0.25, -0.2) is 0 Å². The summed E-state index contributed by atoms with van der Waals surface area (Å²) in [5, 5.41) is 0.777. The molecule has 2 fully saturated rings. The fourth-order valence-corrected chi connectivity index (χ4v) is 4.57. The highest BCUT2D eigenvalue weighted by Crippen LogP contribution is 2.43. The normalized spacial score (nSPS) is 19.1. The van der Waals surface area contributed by atoms with Gasteiger partial charge >= 0.3 is 0 Å². The van der Waals surface area contributed by atoms with Crippen LogP contribution >= 0.6 is 23.1 Å². The van der Waals surface area contributed by atoms with Crippen LogP contribution in [0.15, 0.2) is 0 Å². The number of anilines is 2. The van der Waals surface area contributed by atoms with E-state index in [1.165, 1.54) is 11.3 Å². The highest BCUT2D eigenvalue weighted by Gasteiger charge is 2.35. The Bertz CT molecular complexity index is 560. The molecule has 7 heteroatoms. The molecule has 1 amide bonds. The number of nitrogens with two attached hydrogens (primary N) is 2. The zero-order chi connectivity index (χ0) is 14.3. The topological polar surface area (TPSA) is 89.4 Å². The van der Waals surface area contributed by atoms with E-state index in [-0.39, 0.29) is 17.4 Å². The van der Waals surface area contributed by atoms with Crippen molar-refractivity contribution in [1.82, 2.24) is 0 Å². The van der Waals surface area contributed by atoms with Gasteiger partial charge in [0.25, 0.3) is 5.91 Å². The number of ketones is 1. The first-order chi connectivity index (χ1) is 9.59. The molecule has 1 aromatic rings. The van der Waals surface area contributed by atoms with Crippen LogP contribution in [-0.2, 0) is 0 Å². The van der Waals surface area contributed by atoms with Crippen molar-refractivity contribution in [2.75, 3.05) is 35.2 Å². The quantitative estimate of drug-likeness (QED) is 0.824. The molecule has 1 saturated carbocycles. The van der Waals surface area contributed by atoms with Gasteiger partial charge in [-0.05, 0) is 12.8 Å². The number of hydrogen-bond acceptors (Lipinski definition) is 6. The Kier molecular flexibility index (Phi) is 3.64. The fraction of sp³-hybridized carbons (Fsp3) is 0.538. The minimum Gasteiger partial charge on any atom is -0.397 e. The van der Waals surface area contributed by atoms with Gasteiger partial charge in [-0.2, -0.15) is 11.8 Å². The van der Waals surface area contributed by atoms with Gasteiger partial charge in [-0.1, -0.05) is 0 Å². The molecule has 2 heterocycles. The van der Waals surface area contributed by atoms with E-state index in [2.05, 4.69) is 4.90 Å². The average Bonchev–Trinajstić information content (AvgIpc) is 3.22. The van der Waals surface area contributed by atoms with E-state index in [4.69, 9.17) is 11.5 Å². The van der Waals surface area contributed by atoms with Gasteiger partial charge in [0.15, 0.2) is 5.78 Å². The lowest BCUT2D eigenvalue weighted by Gasteiger charge is -2.27. The van der Waals surface area contributed by atoms with Gasteiger partial charge in [0.05, 0.1) is 16.1 Å². The van der Waals surface area contributed by atoms with Crippen LogP contribution in [0.1, 0.15) is 32.9 Å². The Hall–Kier alpha value is -1.21. The van der Waals surface area contributed by atoms with Crippen molar-refractivity contribution >= 4 is 45.5 Å². The highest BCUT2D eigenvalue weighted by atomic mass is 32.2. The molecule has 0 unspecified atom stereocenters. The summed E-state index contributed by atoms with van der Waals surface area (Å²) in [6.45, 7) is 1.73. The van der Waals surface area contributed by atoms with Crippen molar-refractivity contribution in [1.29, 1.82) is 0 Å². The number of carbonyl (C=O) groups is 2. The smallest absolute Gasteiger partial charge is 0.253 e. The number of hydrogen-bond donors (Lipinski definition) is 2. The number of primary amides is 1. The van der Waals surface area contributed by atoms with E-state index in [1.807, 2.05) is 11.8 Å². The summed E-state index contributed by atoms with van der Waals surface area (Å²) in [5.74, 6) is 1.67. The molecule has 5 nitrogen and oxygen atoms in total. The molecule has 4 N–H and O–H groups in total. The van der Waals surface area contributed by atoms with Crippen LogP contribution in [0.3, 0.4) is 0 Å². The highest BCUT2D eigenvalue weighted by molar-refractivity contribution is 7.99. The predicted molar refractivity (Wildman–Crippen MR) is 83.8 cm³/mol. The second kappa shape index (κ2) is 5.29. The molecule has 1 aromatic heterocycles. The van der Waals surface area contributed by atoms with Gasteiger partial charge in [-0.3, -0.25) is 9.59 Å². The Morgan fingerprint density at radius 1 is 1.20 bits per heavy atom. The Balaban J connectivity index is 2.00. The Morgan fingerprint density at radius 2 is 1.85 bits per heavy atom. The molecule has 0 spiro atoms. The standard InChI is InChI=1S/C13H17N3O2S2/c14-9-8(12(15)18)13(16-3-5-19-6-4-16)20-11(9)10(17)7-1-2-7/h7H,1-6,14H2,(H2,15,18). The van der Waals surface area contributed by atoms with Crippen LogP contribution in [0, 0.1) is 5.92 Å². The van der Waals surface area contributed by atoms with Gasteiger partial charge in [0.2, 0.25) is 0 Å². The fourth-order valence-electron chi connectivity index (χ4n) is 2.37. The van der Waals surface area contributed by atoms with Crippen LogP contribution in [0.25, 0.3) is 0 Å². The van der Waals surface area contributed by atoms with Crippen molar-refractivity contribution in [3.8, 4) is 0 Å². The van der Waals surface area contributed by atoms with Crippen molar-refractivity contribution in [2.24, 2.45) is 11.7 Å². The van der Waals surface area contributed by atoms with Crippen LogP contribution in [0.5, 0.6) is 0 Å². The molecule has 2 aliphatic rings. The van der Waals surface area contributed by atoms with Gasteiger partial charge in [0, 0.05) is 30.5 Å². The molecule has 1 aliphatic heterocycles. The second-order valence-electron chi connectivity index (χ2n) is 5.13. The lowest BCUT2D eigenvalue weighted by atomic mass is 10.1. The van der Waals surface area contributed by atoms with Crippen LogP contribution < -0.4 is 16.4 Å². The monoisotopic (exact) mass is 311 g/mol. The molecular formula is C13H17N3O2S2. The van der Waals surface area contributed by atoms with Crippen LogP contribution in [0.2, 0.25) is 0 Å². The van der Waals surface area contributed by atoms with Gasteiger partial charge < -0.3 is 16.4 Å². The number of thioether (sulfide) groups is 1. The van der Waals surface area contributed by atoms with E-state index >= 15 is 0 Å².